The monoisotopic (exact) mass is 461 g/mol. The van der Waals surface area contributed by atoms with Gasteiger partial charge >= 0.3 is 0 Å². The van der Waals surface area contributed by atoms with Gasteiger partial charge in [0.2, 0.25) is 0 Å². The van der Waals surface area contributed by atoms with Gasteiger partial charge in [0.1, 0.15) is 23.3 Å². The van der Waals surface area contributed by atoms with Crippen LogP contribution in [0.5, 0.6) is 5.75 Å². The molecule has 172 valence electrons. The quantitative estimate of drug-likeness (QED) is 0.522. The molecule has 2 aromatic rings. The summed E-state index contributed by atoms with van der Waals surface area (Å²) in [6, 6.07) is 18.0. The van der Waals surface area contributed by atoms with Gasteiger partial charge in [0, 0.05) is 37.6 Å². The second-order valence-electron chi connectivity index (χ2n) is 8.79. The van der Waals surface area contributed by atoms with Gasteiger partial charge in [0.05, 0.1) is 23.1 Å². The van der Waals surface area contributed by atoms with Crippen LogP contribution in [0.25, 0.3) is 0 Å². The molecule has 1 aromatic heterocycles. The smallest absolute Gasteiger partial charge is 0.120 e. The van der Waals surface area contributed by atoms with E-state index in [2.05, 4.69) is 41.9 Å². The van der Waals surface area contributed by atoms with Crippen LogP contribution in [-0.4, -0.2) is 55.7 Å². The highest BCUT2D eigenvalue weighted by atomic mass is 32.1. The Hall–Kier alpha value is -2.89. The van der Waals surface area contributed by atoms with Gasteiger partial charge in [-0.25, -0.2) is 0 Å². The fraction of sp³-hybridized carbons (Fsp3) is 0.500. The van der Waals surface area contributed by atoms with Crippen LogP contribution in [0.4, 0.5) is 0 Å². The lowest BCUT2D eigenvalue weighted by molar-refractivity contribution is 0.114. The van der Waals surface area contributed by atoms with E-state index in [4.69, 9.17) is 10.00 Å². The van der Waals surface area contributed by atoms with E-state index in [0.29, 0.717) is 17.0 Å². The fourth-order valence-corrected chi connectivity index (χ4v) is 5.46. The average Bonchev–Trinajstić information content (AvgIpc) is 3.32. The zero-order valence-electron chi connectivity index (χ0n) is 19.5. The van der Waals surface area contributed by atoms with Gasteiger partial charge in [-0.2, -0.15) is 15.8 Å². The summed E-state index contributed by atoms with van der Waals surface area (Å²) >= 11 is 1.46. The molecule has 0 amide bonds. The fourth-order valence-electron chi connectivity index (χ4n) is 4.34. The predicted molar refractivity (Wildman–Crippen MR) is 130 cm³/mol. The number of piperazine rings is 1. The zero-order chi connectivity index (χ0) is 23.7. The summed E-state index contributed by atoms with van der Waals surface area (Å²) in [5.41, 5.74) is 0.0884. The van der Waals surface area contributed by atoms with Crippen LogP contribution < -0.4 is 4.74 Å². The van der Waals surface area contributed by atoms with Gasteiger partial charge in [-0.15, -0.1) is 11.3 Å². The van der Waals surface area contributed by atoms with Crippen LogP contribution in [-0.2, 0) is 5.41 Å². The summed E-state index contributed by atoms with van der Waals surface area (Å²) in [5, 5.41) is 28.2. The Morgan fingerprint density at radius 1 is 1.00 bits per heavy atom. The van der Waals surface area contributed by atoms with E-state index in [1.807, 2.05) is 24.3 Å². The summed E-state index contributed by atoms with van der Waals surface area (Å²) in [6.07, 6.45) is 1.77. The Bertz CT molecular complexity index is 1040. The van der Waals surface area contributed by atoms with Crippen molar-refractivity contribution in [2.24, 2.45) is 5.92 Å². The van der Waals surface area contributed by atoms with Crippen LogP contribution in [0, 0.1) is 39.9 Å². The van der Waals surface area contributed by atoms with Gasteiger partial charge in [0.25, 0.3) is 0 Å². The summed E-state index contributed by atoms with van der Waals surface area (Å²) < 4.78 is 5.81. The largest absolute Gasteiger partial charge is 0.492 e. The molecule has 0 radical (unpaired) electrons. The van der Waals surface area contributed by atoms with Crippen molar-refractivity contribution in [2.75, 3.05) is 45.9 Å². The number of nitrogens with zero attached hydrogens (tertiary/aromatic N) is 5. The molecule has 1 unspecified atom stereocenters. The van der Waals surface area contributed by atoms with Crippen molar-refractivity contribution in [1.29, 1.82) is 15.8 Å². The van der Waals surface area contributed by atoms with E-state index in [0.717, 1.165) is 62.7 Å². The molecule has 0 spiro atoms. The molecule has 7 heteroatoms. The number of nitriles is 3. The molecule has 3 rings (SSSR count). The topological polar surface area (TPSA) is 87.1 Å². The molecule has 0 bridgehead atoms. The molecule has 0 N–H and O–H groups in total. The van der Waals surface area contributed by atoms with Crippen molar-refractivity contribution in [3.63, 3.8) is 0 Å². The number of benzene rings is 1. The Kier molecular flexibility index (Phi) is 8.87. The average molecular weight is 462 g/mol. The van der Waals surface area contributed by atoms with Crippen molar-refractivity contribution in [3.05, 3.63) is 51.7 Å². The Morgan fingerprint density at radius 3 is 2.33 bits per heavy atom. The lowest BCUT2D eigenvalue weighted by atomic mass is 9.73. The molecular formula is C26H31N5OS. The lowest BCUT2D eigenvalue weighted by Crippen LogP contribution is -2.47. The van der Waals surface area contributed by atoms with Crippen LogP contribution in [0.15, 0.2) is 36.4 Å². The maximum Gasteiger partial charge on any atom is 0.120 e. The maximum atomic E-state index is 10.1. The SMILES string of the molecule is CC(C)C(C#N)(CCCN1CCN(CCOc2cccc(C#N)c2)CC1)c1ccc(C#N)s1. The van der Waals surface area contributed by atoms with E-state index in [1.165, 1.54) is 11.3 Å². The third-order valence-electron chi connectivity index (χ3n) is 6.49. The summed E-state index contributed by atoms with van der Waals surface area (Å²) in [5.74, 6) is 0.935. The zero-order valence-corrected chi connectivity index (χ0v) is 20.3. The van der Waals surface area contributed by atoms with Gasteiger partial charge in [-0.3, -0.25) is 4.90 Å². The molecule has 6 nitrogen and oxygen atoms in total. The minimum Gasteiger partial charge on any atom is -0.492 e. The van der Waals surface area contributed by atoms with E-state index in [1.54, 1.807) is 12.1 Å². The van der Waals surface area contributed by atoms with Crippen LogP contribution >= 0.6 is 11.3 Å². The first kappa shape index (κ1) is 24.7. The van der Waals surface area contributed by atoms with E-state index in [9.17, 15) is 10.5 Å². The van der Waals surface area contributed by atoms with E-state index in [-0.39, 0.29) is 5.92 Å². The van der Waals surface area contributed by atoms with Crippen molar-refractivity contribution in [1.82, 2.24) is 9.80 Å². The van der Waals surface area contributed by atoms with Gasteiger partial charge in [-0.05, 0) is 55.6 Å². The molecule has 1 fully saturated rings. The molecule has 2 heterocycles. The minimum atomic E-state index is -0.526. The Labute approximate surface area is 201 Å². The summed E-state index contributed by atoms with van der Waals surface area (Å²) in [7, 11) is 0. The maximum absolute atomic E-state index is 10.1. The third-order valence-corrected chi connectivity index (χ3v) is 7.66. The molecule has 0 aliphatic carbocycles. The Balaban J connectivity index is 1.42. The van der Waals surface area contributed by atoms with Crippen molar-refractivity contribution >= 4 is 11.3 Å². The second kappa shape index (κ2) is 11.8. The first-order chi connectivity index (χ1) is 16.0. The van der Waals surface area contributed by atoms with Gasteiger partial charge in [0.15, 0.2) is 0 Å². The standard InChI is InChI=1S/C26H31N5OS/c1-21(2)26(20-29,25-8-7-24(19-28)33-25)9-4-10-30-11-13-31(14-12-30)15-16-32-23-6-3-5-22(17-23)18-27/h3,5-8,17,21H,4,9-16H2,1-2H3. The molecule has 0 saturated carbocycles. The first-order valence-corrected chi connectivity index (χ1v) is 12.3. The molecule has 1 atom stereocenters. The second-order valence-corrected chi connectivity index (χ2v) is 9.87. The summed E-state index contributed by atoms with van der Waals surface area (Å²) in [6.45, 7) is 10.7. The molecule has 1 aromatic carbocycles. The van der Waals surface area contributed by atoms with E-state index < -0.39 is 5.41 Å². The predicted octanol–water partition coefficient (Wildman–Crippen LogP) is 4.39. The highest BCUT2D eigenvalue weighted by molar-refractivity contribution is 7.12. The number of thiophene rings is 1. The lowest BCUT2D eigenvalue weighted by Gasteiger charge is -2.35. The summed E-state index contributed by atoms with van der Waals surface area (Å²) in [4.78, 5) is 6.57. The van der Waals surface area contributed by atoms with Gasteiger partial charge in [-0.1, -0.05) is 19.9 Å². The number of hydrogen-bond donors (Lipinski definition) is 0. The Morgan fingerprint density at radius 2 is 1.73 bits per heavy atom. The first-order valence-electron chi connectivity index (χ1n) is 11.5. The van der Waals surface area contributed by atoms with Crippen LogP contribution in [0.2, 0.25) is 0 Å². The number of rotatable bonds is 10. The number of hydrogen-bond acceptors (Lipinski definition) is 7. The van der Waals surface area contributed by atoms with E-state index >= 15 is 0 Å². The number of ether oxygens (including phenoxy) is 1. The molecule has 1 aliphatic heterocycles. The van der Waals surface area contributed by atoms with Crippen molar-refractivity contribution < 1.29 is 4.74 Å². The third kappa shape index (κ3) is 6.34. The van der Waals surface area contributed by atoms with Crippen LogP contribution in [0.1, 0.15) is 42.0 Å². The molecule has 1 saturated heterocycles. The highest BCUT2D eigenvalue weighted by Gasteiger charge is 2.37. The molecular weight excluding hydrogens is 430 g/mol. The van der Waals surface area contributed by atoms with Crippen LogP contribution in [0.3, 0.4) is 0 Å². The normalized spacial score (nSPS) is 16.5. The van der Waals surface area contributed by atoms with Crippen molar-refractivity contribution in [2.45, 2.75) is 32.1 Å². The molecule has 1 aliphatic rings. The van der Waals surface area contributed by atoms with Gasteiger partial charge < -0.3 is 9.64 Å². The highest BCUT2D eigenvalue weighted by Crippen LogP contribution is 2.40. The van der Waals surface area contributed by atoms with Crippen molar-refractivity contribution in [3.8, 4) is 24.0 Å². The minimum absolute atomic E-state index is 0.193. The molecule has 33 heavy (non-hydrogen) atoms.